The average molecular weight is 266 g/mol. The first-order valence-corrected chi connectivity index (χ1v) is 6.70. The van der Waals surface area contributed by atoms with Crippen molar-refractivity contribution in [3.8, 4) is 10.6 Å². The molecule has 0 saturated carbocycles. The zero-order valence-electron chi connectivity index (χ0n) is 10.4. The Morgan fingerprint density at radius 3 is 2.94 bits per heavy atom. The standard InChI is InChI=1S/C12H15FN4S/c1-3-4-15-8(2)11-16-17-12(18-11)9-5-10(13)7-14-6-9/h5-8,15H,3-4H2,1-2H3. The van der Waals surface area contributed by atoms with Crippen LogP contribution >= 0.6 is 11.3 Å². The van der Waals surface area contributed by atoms with Gasteiger partial charge in [-0.2, -0.15) is 0 Å². The minimum Gasteiger partial charge on any atom is -0.308 e. The molecule has 0 bridgehead atoms. The highest BCUT2D eigenvalue weighted by atomic mass is 32.1. The van der Waals surface area contributed by atoms with Crippen LogP contribution in [0.3, 0.4) is 0 Å². The smallest absolute Gasteiger partial charge is 0.149 e. The van der Waals surface area contributed by atoms with Crippen molar-refractivity contribution in [3.05, 3.63) is 29.3 Å². The van der Waals surface area contributed by atoms with Crippen LogP contribution in [-0.4, -0.2) is 21.7 Å². The first kappa shape index (κ1) is 13.0. The van der Waals surface area contributed by atoms with Gasteiger partial charge in [0.05, 0.1) is 12.2 Å². The molecule has 2 aromatic heterocycles. The number of nitrogens with one attached hydrogen (secondary N) is 1. The summed E-state index contributed by atoms with van der Waals surface area (Å²) in [5, 5.41) is 13.2. The lowest BCUT2D eigenvalue weighted by Gasteiger charge is -2.08. The van der Waals surface area contributed by atoms with E-state index in [4.69, 9.17) is 0 Å². The Labute approximate surface area is 109 Å². The van der Waals surface area contributed by atoms with E-state index in [1.54, 1.807) is 6.20 Å². The fourth-order valence-corrected chi connectivity index (χ4v) is 2.35. The van der Waals surface area contributed by atoms with E-state index in [-0.39, 0.29) is 11.9 Å². The lowest BCUT2D eigenvalue weighted by atomic mass is 10.3. The number of hydrogen-bond acceptors (Lipinski definition) is 5. The van der Waals surface area contributed by atoms with E-state index in [2.05, 4.69) is 27.4 Å². The molecule has 4 nitrogen and oxygen atoms in total. The highest BCUT2D eigenvalue weighted by molar-refractivity contribution is 7.14. The lowest BCUT2D eigenvalue weighted by Crippen LogP contribution is -2.18. The molecule has 0 fully saturated rings. The molecular formula is C12H15FN4S. The maximum absolute atomic E-state index is 13.1. The maximum Gasteiger partial charge on any atom is 0.149 e. The van der Waals surface area contributed by atoms with Gasteiger partial charge in [0, 0.05) is 11.8 Å². The predicted molar refractivity (Wildman–Crippen MR) is 69.8 cm³/mol. The van der Waals surface area contributed by atoms with Gasteiger partial charge >= 0.3 is 0 Å². The van der Waals surface area contributed by atoms with E-state index >= 15 is 0 Å². The summed E-state index contributed by atoms with van der Waals surface area (Å²) in [5.74, 6) is -0.360. The van der Waals surface area contributed by atoms with Crippen LogP contribution < -0.4 is 5.32 Å². The summed E-state index contributed by atoms with van der Waals surface area (Å²) in [6.07, 6.45) is 3.85. The molecule has 0 saturated heterocycles. The number of halogens is 1. The second kappa shape index (κ2) is 5.97. The summed E-state index contributed by atoms with van der Waals surface area (Å²) in [6.45, 7) is 5.10. The van der Waals surface area contributed by atoms with Gasteiger partial charge in [0.25, 0.3) is 0 Å². The second-order valence-electron chi connectivity index (χ2n) is 4.01. The normalized spacial score (nSPS) is 12.6. The van der Waals surface area contributed by atoms with Crippen molar-refractivity contribution < 1.29 is 4.39 Å². The zero-order chi connectivity index (χ0) is 13.0. The third kappa shape index (κ3) is 3.08. The third-order valence-corrected chi connectivity index (χ3v) is 3.62. The molecule has 0 radical (unpaired) electrons. The van der Waals surface area contributed by atoms with Crippen molar-refractivity contribution in [2.75, 3.05) is 6.54 Å². The maximum atomic E-state index is 13.1. The Hall–Kier alpha value is -1.40. The Bertz CT molecular complexity index is 514. The molecule has 0 amide bonds. The molecule has 0 aliphatic carbocycles. The van der Waals surface area contributed by atoms with Gasteiger partial charge in [-0.15, -0.1) is 10.2 Å². The van der Waals surface area contributed by atoms with Crippen molar-refractivity contribution in [3.63, 3.8) is 0 Å². The number of aromatic nitrogens is 3. The van der Waals surface area contributed by atoms with Crippen molar-refractivity contribution in [2.24, 2.45) is 0 Å². The van der Waals surface area contributed by atoms with Crippen LogP contribution in [0.5, 0.6) is 0 Å². The van der Waals surface area contributed by atoms with E-state index in [9.17, 15) is 4.39 Å². The number of nitrogens with zero attached hydrogens (tertiary/aromatic N) is 3. The first-order chi connectivity index (χ1) is 8.70. The minimum absolute atomic E-state index is 0.165. The van der Waals surface area contributed by atoms with E-state index in [0.29, 0.717) is 10.6 Å². The fourth-order valence-electron chi connectivity index (χ4n) is 1.50. The summed E-state index contributed by atoms with van der Waals surface area (Å²) in [7, 11) is 0. The SMILES string of the molecule is CCCNC(C)c1nnc(-c2cncc(F)c2)s1. The van der Waals surface area contributed by atoms with Gasteiger partial charge in [0.15, 0.2) is 0 Å². The molecule has 1 atom stereocenters. The fraction of sp³-hybridized carbons (Fsp3) is 0.417. The van der Waals surface area contributed by atoms with E-state index in [1.165, 1.54) is 23.6 Å². The molecular weight excluding hydrogens is 251 g/mol. The van der Waals surface area contributed by atoms with Gasteiger partial charge in [0.2, 0.25) is 0 Å². The molecule has 0 aliphatic heterocycles. The molecule has 0 aliphatic rings. The van der Waals surface area contributed by atoms with Crippen LogP contribution in [0.1, 0.15) is 31.3 Å². The zero-order valence-corrected chi connectivity index (χ0v) is 11.2. The van der Waals surface area contributed by atoms with Crippen LogP contribution in [0.4, 0.5) is 4.39 Å². The summed E-state index contributed by atoms with van der Waals surface area (Å²) < 4.78 is 13.1. The van der Waals surface area contributed by atoms with Gasteiger partial charge in [-0.25, -0.2) is 4.39 Å². The van der Waals surface area contributed by atoms with Gasteiger partial charge < -0.3 is 5.32 Å². The molecule has 0 spiro atoms. The Morgan fingerprint density at radius 1 is 1.39 bits per heavy atom. The Balaban J connectivity index is 2.15. The van der Waals surface area contributed by atoms with E-state index < -0.39 is 0 Å². The Morgan fingerprint density at radius 2 is 2.22 bits per heavy atom. The topological polar surface area (TPSA) is 50.7 Å². The molecule has 6 heteroatoms. The second-order valence-corrected chi connectivity index (χ2v) is 5.02. The molecule has 2 rings (SSSR count). The third-order valence-electron chi connectivity index (χ3n) is 2.46. The molecule has 18 heavy (non-hydrogen) atoms. The van der Waals surface area contributed by atoms with Crippen LogP contribution in [0.25, 0.3) is 10.6 Å². The van der Waals surface area contributed by atoms with E-state index in [1.807, 2.05) is 6.92 Å². The minimum atomic E-state index is -0.360. The lowest BCUT2D eigenvalue weighted by molar-refractivity contribution is 0.564. The predicted octanol–water partition coefficient (Wildman–Crippen LogP) is 2.80. The first-order valence-electron chi connectivity index (χ1n) is 5.88. The molecule has 96 valence electrons. The van der Waals surface area contributed by atoms with Crippen molar-refractivity contribution in [1.29, 1.82) is 0 Å². The van der Waals surface area contributed by atoms with E-state index in [0.717, 1.165) is 18.0 Å². The van der Waals surface area contributed by atoms with Gasteiger partial charge in [-0.05, 0) is 26.0 Å². The van der Waals surface area contributed by atoms with Gasteiger partial charge in [-0.3, -0.25) is 4.98 Å². The quantitative estimate of drug-likeness (QED) is 0.904. The highest BCUT2D eigenvalue weighted by Crippen LogP contribution is 2.26. The van der Waals surface area contributed by atoms with Gasteiger partial charge in [0.1, 0.15) is 15.8 Å². The Kier molecular flexibility index (Phi) is 4.33. The molecule has 2 aromatic rings. The van der Waals surface area contributed by atoms with Crippen LogP contribution in [0.15, 0.2) is 18.5 Å². The summed E-state index contributed by atoms with van der Waals surface area (Å²) >= 11 is 1.46. The summed E-state index contributed by atoms with van der Waals surface area (Å²) in [4.78, 5) is 3.81. The average Bonchev–Trinajstić information content (AvgIpc) is 2.85. The molecule has 1 N–H and O–H groups in total. The summed E-state index contributed by atoms with van der Waals surface area (Å²) in [6, 6.07) is 1.58. The molecule has 2 heterocycles. The monoisotopic (exact) mass is 266 g/mol. The highest BCUT2D eigenvalue weighted by Gasteiger charge is 2.12. The largest absolute Gasteiger partial charge is 0.308 e. The number of hydrogen-bond donors (Lipinski definition) is 1. The number of rotatable bonds is 5. The number of pyridine rings is 1. The van der Waals surface area contributed by atoms with Crippen molar-refractivity contribution in [2.45, 2.75) is 26.3 Å². The molecule has 1 unspecified atom stereocenters. The summed E-state index contributed by atoms with van der Waals surface area (Å²) in [5.41, 5.74) is 0.668. The molecule has 0 aromatic carbocycles. The van der Waals surface area contributed by atoms with Crippen LogP contribution in [-0.2, 0) is 0 Å². The van der Waals surface area contributed by atoms with Gasteiger partial charge in [-0.1, -0.05) is 18.3 Å². The van der Waals surface area contributed by atoms with Crippen molar-refractivity contribution in [1.82, 2.24) is 20.5 Å². The van der Waals surface area contributed by atoms with Crippen LogP contribution in [0.2, 0.25) is 0 Å². The van der Waals surface area contributed by atoms with Crippen LogP contribution in [0, 0.1) is 5.82 Å². The van der Waals surface area contributed by atoms with Crippen molar-refractivity contribution >= 4 is 11.3 Å².